The van der Waals surface area contributed by atoms with Crippen molar-refractivity contribution >= 4 is 52.5 Å². The molecule has 0 saturated carbocycles. The Balaban J connectivity index is 1.91. The maximum Gasteiger partial charge on any atom is 0.337 e. The predicted octanol–water partition coefficient (Wildman–Crippen LogP) is -0.183. The van der Waals surface area contributed by atoms with Crippen LogP contribution in [0.5, 0.6) is 0 Å². The highest BCUT2D eigenvalue weighted by Crippen LogP contribution is 2.43. The summed E-state index contributed by atoms with van der Waals surface area (Å²) >= 11 is 0.941. The Morgan fingerprint density at radius 1 is 1.11 bits per heavy atom. The molecule has 35 heavy (non-hydrogen) atoms. The topological polar surface area (TPSA) is 237 Å². The Hall–Kier alpha value is -3.51. The number of nitrogens with zero attached hydrogens (tertiary/aromatic N) is 4. The largest absolute Gasteiger partial charge is 0.478 e. The number of primary sulfonamides is 1. The van der Waals surface area contributed by atoms with Crippen LogP contribution in [0.15, 0.2) is 34.1 Å². The van der Waals surface area contributed by atoms with Crippen LogP contribution in [0.25, 0.3) is 32.7 Å². The highest BCUT2D eigenvalue weighted by molar-refractivity contribution is 7.94. The lowest BCUT2D eigenvalue weighted by Crippen LogP contribution is -2.51. The number of rotatable bonds is 6. The van der Waals surface area contributed by atoms with Crippen molar-refractivity contribution in [1.82, 2.24) is 30.9 Å². The quantitative estimate of drug-likeness (QED) is 0.216. The number of H-pyrrole nitrogens is 1. The van der Waals surface area contributed by atoms with Gasteiger partial charge in [0.25, 0.3) is 0 Å². The number of aromatic carboxylic acids is 1. The summed E-state index contributed by atoms with van der Waals surface area (Å²) in [4.78, 5) is 14.7. The van der Waals surface area contributed by atoms with Gasteiger partial charge < -0.3 is 16.2 Å². The molecule has 17 heteroatoms. The predicted molar refractivity (Wildman–Crippen MR) is 125 cm³/mol. The van der Waals surface area contributed by atoms with E-state index in [-0.39, 0.29) is 56.5 Å². The molecule has 14 nitrogen and oxygen atoms in total. The molecule has 2 aromatic carbocycles. The number of aromatic nitrogens is 5. The van der Waals surface area contributed by atoms with Crippen molar-refractivity contribution in [3.8, 4) is 22.5 Å². The Labute approximate surface area is 201 Å². The van der Waals surface area contributed by atoms with Gasteiger partial charge >= 0.3 is 5.97 Å². The number of aromatic amines is 1. The summed E-state index contributed by atoms with van der Waals surface area (Å²) < 4.78 is 52.5. The Morgan fingerprint density at radius 2 is 1.83 bits per heavy atom. The fourth-order valence-corrected chi connectivity index (χ4v) is 7.90. The monoisotopic (exact) mass is 536 g/mol. The summed E-state index contributed by atoms with van der Waals surface area (Å²) in [5.41, 5.74) is 6.18. The van der Waals surface area contributed by atoms with Crippen LogP contribution in [0.3, 0.4) is 0 Å². The number of benzene rings is 2. The molecule has 0 spiro atoms. The summed E-state index contributed by atoms with van der Waals surface area (Å²) in [6.07, 6.45) is 0. The van der Waals surface area contributed by atoms with Crippen molar-refractivity contribution in [2.24, 2.45) is 5.14 Å². The van der Waals surface area contributed by atoms with Gasteiger partial charge in [0.15, 0.2) is 15.0 Å². The molecule has 4 aromatic rings. The number of sulfonamides is 1. The molecule has 182 valence electrons. The van der Waals surface area contributed by atoms with Gasteiger partial charge in [-0.15, -0.1) is 10.2 Å². The first-order valence-electron chi connectivity index (χ1n) is 9.81. The zero-order valence-electron chi connectivity index (χ0n) is 17.5. The SMILES string of the molecule is Nc1nc2c(-c3ccc(S(=O)(=O)C4CNC4)c(S(N)(=O)=O)c3-c3nn[nH]n3)ccc(C(=O)O)c2s1. The maximum absolute atomic E-state index is 13.3. The van der Waals surface area contributed by atoms with E-state index in [9.17, 15) is 26.7 Å². The van der Waals surface area contributed by atoms with Gasteiger partial charge in [0.1, 0.15) is 4.90 Å². The van der Waals surface area contributed by atoms with Crippen LogP contribution in [0.4, 0.5) is 5.13 Å². The normalized spacial score (nSPS) is 14.8. The van der Waals surface area contributed by atoms with Crippen LogP contribution in [0.2, 0.25) is 0 Å². The summed E-state index contributed by atoms with van der Waals surface area (Å²) in [7, 11) is -8.75. The summed E-state index contributed by atoms with van der Waals surface area (Å²) in [5, 5.41) is 30.6. The van der Waals surface area contributed by atoms with Crippen LogP contribution < -0.4 is 16.2 Å². The number of nitrogens with two attached hydrogens (primary N) is 2. The number of hydrogen-bond acceptors (Lipinski definition) is 12. The van der Waals surface area contributed by atoms with E-state index in [4.69, 9.17) is 10.9 Å². The van der Waals surface area contributed by atoms with Gasteiger partial charge in [0.2, 0.25) is 15.8 Å². The molecule has 5 rings (SSSR count). The minimum atomic E-state index is -4.65. The number of anilines is 1. The Kier molecular flexibility index (Phi) is 5.33. The maximum atomic E-state index is 13.3. The van der Waals surface area contributed by atoms with Crippen molar-refractivity contribution in [3.63, 3.8) is 0 Å². The molecule has 1 aliphatic rings. The number of hydrogen-bond donors (Lipinski definition) is 5. The van der Waals surface area contributed by atoms with Gasteiger partial charge in [0, 0.05) is 18.7 Å². The molecule has 0 atom stereocenters. The van der Waals surface area contributed by atoms with E-state index in [0.717, 1.165) is 17.4 Å². The van der Waals surface area contributed by atoms with E-state index in [2.05, 4.69) is 30.9 Å². The summed E-state index contributed by atoms with van der Waals surface area (Å²) in [6, 6.07) is 5.27. The highest BCUT2D eigenvalue weighted by Gasteiger charge is 2.39. The number of nitrogen functional groups attached to an aromatic ring is 1. The number of carboxylic acid groups (broad SMARTS) is 1. The lowest BCUT2D eigenvalue weighted by atomic mass is 9.97. The fourth-order valence-electron chi connectivity index (χ4n) is 3.85. The minimum Gasteiger partial charge on any atom is -0.478 e. The van der Waals surface area contributed by atoms with Gasteiger partial charge in [-0.25, -0.2) is 31.8 Å². The molecule has 0 aliphatic carbocycles. The van der Waals surface area contributed by atoms with Crippen molar-refractivity contribution in [3.05, 3.63) is 29.8 Å². The second kappa shape index (κ2) is 8.02. The van der Waals surface area contributed by atoms with Crippen LogP contribution in [0, 0.1) is 0 Å². The molecular formula is C18H16N8O6S3. The van der Waals surface area contributed by atoms with Crippen LogP contribution in [-0.4, -0.2) is 71.9 Å². The standard InChI is InChI=1S/C18H16N8O6S3/c19-18-22-13-9(1-2-10(17(27)28)14(13)33-18)8-3-4-11(34(29,30)7-5-21-6-7)15(35(20,31)32)12(8)16-23-25-26-24-16/h1-4,7,21H,5-6H2,(H2,19,22)(H,27,28)(H2,20,31,32)(H,23,24,25,26). The van der Waals surface area contributed by atoms with Crippen molar-refractivity contribution in [2.75, 3.05) is 18.8 Å². The number of thiazole rings is 1. The van der Waals surface area contributed by atoms with E-state index in [1.54, 1.807) is 0 Å². The third kappa shape index (κ3) is 3.73. The second-order valence-corrected chi connectivity index (χ2v) is 12.3. The average Bonchev–Trinajstić information content (AvgIpc) is 3.38. The Bertz CT molecular complexity index is 1710. The van der Waals surface area contributed by atoms with Crippen molar-refractivity contribution in [2.45, 2.75) is 15.0 Å². The number of tetrazole rings is 1. The lowest BCUT2D eigenvalue weighted by Gasteiger charge is -2.28. The summed E-state index contributed by atoms with van der Waals surface area (Å²) in [6.45, 7) is 0.308. The van der Waals surface area contributed by atoms with Gasteiger partial charge in [-0.1, -0.05) is 23.5 Å². The van der Waals surface area contributed by atoms with E-state index in [1.165, 1.54) is 18.2 Å². The molecule has 0 bridgehead atoms. The first kappa shape index (κ1) is 23.2. The van der Waals surface area contributed by atoms with Crippen LogP contribution in [-0.2, 0) is 19.9 Å². The van der Waals surface area contributed by atoms with Crippen LogP contribution >= 0.6 is 11.3 Å². The average molecular weight is 537 g/mol. The first-order valence-corrected chi connectivity index (χ1v) is 13.7. The van der Waals surface area contributed by atoms with E-state index < -0.39 is 40.9 Å². The van der Waals surface area contributed by atoms with E-state index in [1.807, 2.05) is 0 Å². The molecule has 0 amide bonds. The minimum absolute atomic E-state index is 0.0533. The van der Waals surface area contributed by atoms with Gasteiger partial charge in [0.05, 0.1) is 31.5 Å². The third-order valence-corrected chi connectivity index (χ3v) is 9.75. The lowest BCUT2D eigenvalue weighted by molar-refractivity contribution is 0.0699. The van der Waals surface area contributed by atoms with E-state index >= 15 is 0 Å². The van der Waals surface area contributed by atoms with Gasteiger partial charge in [-0.3, -0.25) is 0 Å². The van der Waals surface area contributed by atoms with Gasteiger partial charge in [-0.2, -0.15) is 5.21 Å². The van der Waals surface area contributed by atoms with E-state index in [0.29, 0.717) is 0 Å². The molecule has 7 N–H and O–H groups in total. The molecule has 0 radical (unpaired) electrons. The number of carboxylic acids is 1. The first-order chi connectivity index (χ1) is 16.5. The molecule has 2 aromatic heterocycles. The Morgan fingerprint density at radius 3 is 2.40 bits per heavy atom. The molecular weight excluding hydrogens is 520 g/mol. The number of carbonyl (C=O) groups is 1. The molecule has 1 aliphatic heterocycles. The molecule has 0 unspecified atom stereocenters. The smallest absolute Gasteiger partial charge is 0.337 e. The fraction of sp³-hybridized carbons (Fsp3) is 0.167. The second-order valence-electron chi connectivity index (χ2n) is 7.62. The van der Waals surface area contributed by atoms with Crippen molar-refractivity contribution < 1.29 is 26.7 Å². The number of sulfone groups is 1. The van der Waals surface area contributed by atoms with Crippen molar-refractivity contribution in [1.29, 1.82) is 0 Å². The summed E-state index contributed by atoms with van der Waals surface area (Å²) in [5.74, 6) is -1.43. The molecule has 3 heterocycles. The number of nitrogens with one attached hydrogen (secondary N) is 2. The molecule has 1 fully saturated rings. The highest BCUT2D eigenvalue weighted by atomic mass is 32.2. The third-order valence-electron chi connectivity index (χ3n) is 5.55. The number of fused-ring (bicyclic) bond motifs is 1. The zero-order chi connectivity index (χ0) is 25.1. The van der Waals surface area contributed by atoms with Gasteiger partial charge in [-0.05, 0) is 22.9 Å². The zero-order valence-corrected chi connectivity index (χ0v) is 19.9. The van der Waals surface area contributed by atoms with Crippen LogP contribution in [0.1, 0.15) is 10.4 Å². The molecule has 1 saturated heterocycles.